The molecule has 1 rings (SSSR count). The van der Waals surface area contributed by atoms with Crippen molar-refractivity contribution in [2.45, 2.75) is 58.0 Å². The van der Waals surface area contributed by atoms with E-state index >= 15 is 0 Å². The summed E-state index contributed by atoms with van der Waals surface area (Å²) in [6.45, 7) is 8.07. The molecule has 0 amide bonds. The van der Waals surface area contributed by atoms with Crippen LogP contribution in [0.2, 0.25) is 0 Å². The predicted molar refractivity (Wildman–Crippen MR) is 62.3 cm³/mol. The largest absolute Gasteiger partial charge is 0.328 e. The molecule has 2 heteroatoms. The van der Waals surface area contributed by atoms with Gasteiger partial charge in [-0.1, -0.05) is 0 Å². The molecule has 0 saturated heterocycles. The van der Waals surface area contributed by atoms with Crippen molar-refractivity contribution in [2.75, 3.05) is 13.6 Å². The van der Waals surface area contributed by atoms with E-state index in [1.165, 1.54) is 32.2 Å². The molecule has 0 heterocycles. The van der Waals surface area contributed by atoms with Crippen LogP contribution in [0.25, 0.3) is 0 Å². The van der Waals surface area contributed by atoms with E-state index in [-0.39, 0.29) is 0 Å². The number of nitrogens with zero attached hydrogens (tertiary/aromatic N) is 1. The van der Waals surface area contributed by atoms with Gasteiger partial charge in [-0.3, -0.25) is 0 Å². The number of hydrogen-bond donors (Lipinski definition) is 1. The van der Waals surface area contributed by atoms with Gasteiger partial charge in [0.05, 0.1) is 0 Å². The van der Waals surface area contributed by atoms with E-state index in [9.17, 15) is 0 Å². The van der Waals surface area contributed by atoms with Gasteiger partial charge in [-0.25, -0.2) is 0 Å². The second-order valence-electron chi connectivity index (χ2n) is 5.83. The molecule has 0 aromatic rings. The summed E-state index contributed by atoms with van der Waals surface area (Å²) in [5.74, 6) is 0.874. The Morgan fingerprint density at radius 3 is 2.07 bits per heavy atom. The maximum Gasteiger partial charge on any atom is 0.0122 e. The summed E-state index contributed by atoms with van der Waals surface area (Å²) in [6.07, 6.45) is 5.09. The molecular weight excluding hydrogens is 172 g/mol. The van der Waals surface area contributed by atoms with E-state index in [0.717, 1.165) is 5.92 Å². The van der Waals surface area contributed by atoms with E-state index in [4.69, 9.17) is 5.73 Å². The molecule has 0 unspecified atom stereocenters. The number of rotatable bonds is 2. The molecule has 1 saturated carbocycles. The number of nitrogens with two attached hydrogens (primary N) is 1. The molecule has 1 fully saturated rings. The van der Waals surface area contributed by atoms with Crippen LogP contribution in [0.15, 0.2) is 0 Å². The molecule has 0 spiro atoms. The fourth-order valence-electron chi connectivity index (χ4n) is 2.03. The van der Waals surface area contributed by atoms with Crippen LogP contribution in [-0.2, 0) is 0 Å². The molecule has 0 bridgehead atoms. The average Bonchev–Trinajstić information content (AvgIpc) is 2.07. The minimum Gasteiger partial charge on any atom is -0.328 e. The van der Waals surface area contributed by atoms with Gasteiger partial charge in [0.2, 0.25) is 0 Å². The van der Waals surface area contributed by atoms with Crippen molar-refractivity contribution in [3.8, 4) is 0 Å². The SMILES string of the molecule is CN(CC1CCC(N)CC1)C(C)(C)C. The molecule has 2 nitrogen and oxygen atoms in total. The molecule has 1 aliphatic carbocycles. The highest BCUT2D eigenvalue weighted by molar-refractivity contribution is 4.80. The fraction of sp³-hybridized carbons (Fsp3) is 1.00. The minimum atomic E-state index is 0.305. The summed E-state index contributed by atoms with van der Waals surface area (Å²) >= 11 is 0. The standard InChI is InChI=1S/C12H26N2/c1-12(2,3)14(4)9-10-5-7-11(13)8-6-10/h10-11H,5-9,13H2,1-4H3. The highest BCUT2D eigenvalue weighted by atomic mass is 15.2. The predicted octanol–water partition coefficient (Wildman–Crippen LogP) is 2.23. The Kier molecular flexibility index (Phi) is 3.96. The van der Waals surface area contributed by atoms with Gasteiger partial charge in [0.25, 0.3) is 0 Å². The lowest BCUT2D eigenvalue weighted by Gasteiger charge is -2.36. The van der Waals surface area contributed by atoms with Crippen LogP contribution in [0.5, 0.6) is 0 Å². The van der Waals surface area contributed by atoms with Gasteiger partial charge in [-0.2, -0.15) is 0 Å². The average molecular weight is 198 g/mol. The first kappa shape index (κ1) is 12.0. The van der Waals surface area contributed by atoms with Crippen molar-refractivity contribution in [2.24, 2.45) is 11.7 Å². The van der Waals surface area contributed by atoms with Crippen LogP contribution >= 0.6 is 0 Å². The lowest BCUT2D eigenvalue weighted by Crippen LogP contribution is -2.42. The molecule has 0 radical (unpaired) electrons. The zero-order valence-corrected chi connectivity index (χ0v) is 10.2. The second kappa shape index (κ2) is 4.63. The van der Waals surface area contributed by atoms with Gasteiger partial charge in [0.15, 0.2) is 0 Å². The molecule has 0 aromatic heterocycles. The highest BCUT2D eigenvalue weighted by Crippen LogP contribution is 2.25. The first-order valence-electron chi connectivity index (χ1n) is 5.86. The van der Waals surface area contributed by atoms with Gasteiger partial charge in [-0.05, 0) is 59.4 Å². The Morgan fingerprint density at radius 1 is 1.14 bits per heavy atom. The molecule has 0 aromatic carbocycles. The maximum atomic E-state index is 5.90. The molecule has 2 N–H and O–H groups in total. The van der Waals surface area contributed by atoms with Gasteiger partial charge >= 0.3 is 0 Å². The van der Waals surface area contributed by atoms with Gasteiger partial charge in [0.1, 0.15) is 0 Å². The lowest BCUT2D eigenvalue weighted by molar-refractivity contribution is 0.131. The van der Waals surface area contributed by atoms with Gasteiger partial charge in [-0.15, -0.1) is 0 Å². The third kappa shape index (κ3) is 3.58. The molecular formula is C12H26N2. The summed E-state index contributed by atoms with van der Waals surface area (Å²) in [7, 11) is 2.23. The van der Waals surface area contributed by atoms with Gasteiger partial charge < -0.3 is 10.6 Å². The zero-order valence-electron chi connectivity index (χ0n) is 10.2. The summed E-state index contributed by atoms with van der Waals surface area (Å²) in [5, 5.41) is 0. The second-order valence-corrected chi connectivity index (χ2v) is 5.83. The van der Waals surface area contributed by atoms with Crippen LogP contribution in [0.1, 0.15) is 46.5 Å². The summed E-state index contributed by atoms with van der Waals surface area (Å²) < 4.78 is 0. The highest BCUT2D eigenvalue weighted by Gasteiger charge is 2.23. The Labute approximate surface area is 88.8 Å². The topological polar surface area (TPSA) is 29.3 Å². The summed E-state index contributed by atoms with van der Waals surface area (Å²) in [4.78, 5) is 2.47. The molecule has 0 aliphatic heterocycles. The zero-order chi connectivity index (χ0) is 10.8. The van der Waals surface area contributed by atoms with Crippen molar-refractivity contribution in [3.05, 3.63) is 0 Å². The van der Waals surface area contributed by atoms with Crippen molar-refractivity contribution in [3.63, 3.8) is 0 Å². The van der Waals surface area contributed by atoms with E-state index in [0.29, 0.717) is 11.6 Å². The molecule has 0 atom stereocenters. The van der Waals surface area contributed by atoms with Crippen molar-refractivity contribution in [1.29, 1.82) is 0 Å². The third-order valence-electron chi connectivity index (χ3n) is 3.57. The van der Waals surface area contributed by atoms with Crippen LogP contribution < -0.4 is 5.73 Å². The minimum absolute atomic E-state index is 0.305. The Hall–Kier alpha value is -0.0800. The monoisotopic (exact) mass is 198 g/mol. The van der Waals surface area contributed by atoms with E-state index in [1.807, 2.05) is 0 Å². The molecule has 1 aliphatic rings. The molecule has 84 valence electrons. The Morgan fingerprint density at radius 2 is 1.64 bits per heavy atom. The van der Waals surface area contributed by atoms with Crippen LogP contribution in [0, 0.1) is 5.92 Å². The van der Waals surface area contributed by atoms with Gasteiger partial charge in [0, 0.05) is 18.1 Å². The first-order valence-corrected chi connectivity index (χ1v) is 5.86. The third-order valence-corrected chi connectivity index (χ3v) is 3.57. The normalized spacial score (nSPS) is 29.6. The van der Waals surface area contributed by atoms with Crippen LogP contribution in [0.4, 0.5) is 0 Å². The fourth-order valence-corrected chi connectivity index (χ4v) is 2.03. The Bertz CT molecular complexity index is 164. The van der Waals surface area contributed by atoms with Crippen molar-refractivity contribution < 1.29 is 0 Å². The van der Waals surface area contributed by atoms with Crippen LogP contribution in [-0.4, -0.2) is 30.1 Å². The molecule has 14 heavy (non-hydrogen) atoms. The summed E-state index contributed by atoms with van der Waals surface area (Å²) in [6, 6.07) is 0.478. The number of hydrogen-bond acceptors (Lipinski definition) is 2. The first-order chi connectivity index (χ1) is 6.39. The van der Waals surface area contributed by atoms with Crippen LogP contribution in [0.3, 0.4) is 0 Å². The van der Waals surface area contributed by atoms with E-state index < -0.39 is 0 Å². The van der Waals surface area contributed by atoms with E-state index in [1.54, 1.807) is 0 Å². The van der Waals surface area contributed by atoms with E-state index in [2.05, 4.69) is 32.7 Å². The van der Waals surface area contributed by atoms with Crippen molar-refractivity contribution in [1.82, 2.24) is 4.90 Å². The lowest BCUT2D eigenvalue weighted by atomic mass is 9.85. The quantitative estimate of drug-likeness (QED) is 0.737. The summed E-state index contributed by atoms with van der Waals surface area (Å²) in [5.41, 5.74) is 6.21. The smallest absolute Gasteiger partial charge is 0.0122 e. The maximum absolute atomic E-state index is 5.90. The Balaban J connectivity index is 2.31. The van der Waals surface area contributed by atoms with Crippen molar-refractivity contribution >= 4 is 0 Å².